The van der Waals surface area contributed by atoms with Crippen LogP contribution in [0.1, 0.15) is 37.6 Å². The van der Waals surface area contributed by atoms with Crippen molar-refractivity contribution in [3.63, 3.8) is 0 Å². The summed E-state index contributed by atoms with van der Waals surface area (Å²) in [5, 5.41) is 5.63. The topological polar surface area (TPSA) is 101 Å². The van der Waals surface area contributed by atoms with Crippen LogP contribution in [0.5, 0.6) is 0 Å². The Morgan fingerprint density at radius 3 is 2.64 bits per heavy atom. The van der Waals surface area contributed by atoms with Gasteiger partial charge in [-0.3, -0.25) is 14.4 Å². The largest absolute Gasteiger partial charge is 0.352 e. The summed E-state index contributed by atoms with van der Waals surface area (Å²) in [6, 6.07) is 6.59. The Hall–Kier alpha value is -3.35. The van der Waals surface area contributed by atoms with Crippen LogP contribution >= 0.6 is 0 Å². The second kappa shape index (κ2) is 7.04. The Kier molecular flexibility index (Phi) is 4.65. The Labute approximate surface area is 144 Å². The molecule has 0 atom stereocenters. The molecular formula is C18H15N4O3. The Bertz CT molecular complexity index is 872. The minimum atomic E-state index is -0.358. The molecule has 1 aliphatic rings. The summed E-state index contributed by atoms with van der Waals surface area (Å²) in [5.41, 5.74) is 1.49. The van der Waals surface area contributed by atoms with Crippen molar-refractivity contribution >= 4 is 23.2 Å². The van der Waals surface area contributed by atoms with Crippen LogP contribution in [0.3, 0.4) is 0 Å². The fourth-order valence-corrected chi connectivity index (χ4v) is 2.36. The van der Waals surface area contributed by atoms with Gasteiger partial charge in [-0.25, -0.2) is 9.97 Å². The standard InChI is InChI=1S/C18H15N4O3/c1-2-7-20-18(25)11-3-5-12(6-4-11)22-14-8-15(23)16-13(17(14)24)9-19-10-21-16/h3-6,8-10,22H,1-2,7H2,(H,20,25). The molecule has 7 heteroatoms. The summed E-state index contributed by atoms with van der Waals surface area (Å²) in [5.74, 6) is -0.902. The van der Waals surface area contributed by atoms with Gasteiger partial charge in [0, 0.05) is 30.1 Å². The number of ketones is 2. The summed E-state index contributed by atoms with van der Waals surface area (Å²) in [4.78, 5) is 44.0. The van der Waals surface area contributed by atoms with Gasteiger partial charge in [0.1, 0.15) is 12.0 Å². The summed E-state index contributed by atoms with van der Waals surface area (Å²) in [7, 11) is 0. The van der Waals surface area contributed by atoms with Crippen molar-refractivity contribution < 1.29 is 14.4 Å². The maximum atomic E-state index is 12.4. The first kappa shape index (κ1) is 16.5. The predicted molar refractivity (Wildman–Crippen MR) is 91.1 cm³/mol. The lowest BCUT2D eigenvalue weighted by molar-refractivity contribution is 0.0953. The van der Waals surface area contributed by atoms with Crippen LogP contribution in [0.2, 0.25) is 0 Å². The molecule has 2 N–H and O–H groups in total. The molecule has 1 aromatic heterocycles. The third kappa shape index (κ3) is 3.45. The number of amides is 1. The molecule has 0 saturated carbocycles. The molecule has 2 aromatic rings. The highest BCUT2D eigenvalue weighted by Gasteiger charge is 2.27. The van der Waals surface area contributed by atoms with Crippen molar-refractivity contribution in [1.29, 1.82) is 0 Å². The van der Waals surface area contributed by atoms with Crippen molar-refractivity contribution in [1.82, 2.24) is 15.3 Å². The number of carbonyl (C=O) groups is 3. The number of nitrogens with one attached hydrogen (secondary N) is 2. The van der Waals surface area contributed by atoms with Gasteiger partial charge in [0.2, 0.25) is 11.6 Å². The maximum Gasteiger partial charge on any atom is 0.251 e. The van der Waals surface area contributed by atoms with Gasteiger partial charge in [-0.1, -0.05) is 6.92 Å². The summed E-state index contributed by atoms with van der Waals surface area (Å²) < 4.78 is 0. The van der Waals surface area contributed by atoms with E-state index in [0.717, 1.165) is 0 Å². The highest BCUT2D eigenvalue weighted by Crippen LogP contribution is 2.21. The van der Waals surface area contributed by atoms with E-state index in [1.165, 1.54) is 18.6 Å². The summed E-state index contributed by atoms with van der Waals surface area (Å²) in [6.45, 7) is 4.16. The first-order valence-electron chi connectivity index (χ1n) is 7.65. The number of hydrogen-bond donors (Lipinski definition) is 2. The summed E-state index contributed by atoms with van der Waals surface area (Å²) in [6.07, 6.45) is 4.38. The Balaban J connectivity index is 1.76. The highest BCUT2D eigenvalue weighted by atomic mass is 16.2. The number of rotatable bonds is 5. The molecule has 1 aromatic carbocycles. The molecule has 125 valence electrons. The van der Waals surface area contributed by atoms with E-state index >= 15 is 0 Å². The van der Waals surface area contributed by atoms with Crippen molar-refractivity contribution in [2.75, 3.05) is 11.9 Å². The van der Waals surface area contributed by atoms with Crippen LogP contribution in [0.15, 0.2) is 48.6 Å². The molecule has 1 heterocycles. The van der Waals surface area contributed by atoms with Crippen molar-refractivity contribution in [3.8, 4) is 0 Å². The van der Waals surface area contributed by atoms with E-state index in [2.05, 4.69) is 27.5 Å². The zero-order valence-corrected chi connectivity index (χ0v) is 13.3. The van der Waals surface area contributed by atoms with Crippen LogP contribution in [0, 0.1) is 6.92 Å². The minimum Gasteiger partial charge on any atom is -0.352 e. The van der Waals surface area contributed by atoms with Crippen molar-refractivity contribution in [3.05, 3.63) is 72.3 Å². The number of benzene rings is 1. The predicted octanol–water partition coefficient (Wildman–Crippen LogP) is 1.81. The van der Waals surface area contributed by atoms with E-state index in [1.54, 1.807) is 24.3 Å². The van der Waals surface area contributed by atoms with Crippen LogP contribution in [-0.2, 0) is 0 Å². The molecule has 0 aliphatic heterocycles. The lowest BCUT2D eigenvalue weighted by Gasteiger charge is -2.15. The average molecular weight is 335 g/mol. The van der Waals surface area contributed by atoms with E-state index < -0.39 is 0 Å². The van der Waals surface area contributed by atoms with Crippen LogP contribution < -0.4 is 10.6 Å². The third-order valence-electron chi connectivity index (χ3n) is 3.60. The molecule has 3 rings (SSSR count). The number of hydrogen-bond acceptors (Lipinski definition) is 6. The van der Waals surface area contributed by atoms with Gasteiger partial charge in [0.05, 0.1) is 11.3 Å². The second-order valence-corrected chi connectivity index (χ2v) is 5.35. The fourth-order valence-electron chi connectivity index (χ4n) is 2.36. The van der Waals surface area contributed by atoms with Gasteiger partial charge >= 0.3 is 0 Å². The smallest absolute Gasteiger partial charge is 0.251 e. The zero-order chi connectivity index (χ0) is 17.8. The summed E-state index contributed by atoms with van der Waals surface area (Å²) >= 11 is 0. The molecule has 1 aliphatic carbocycles. The van der Waals surface area contributed by atoms with E-state index in [0.29, 0.717) is 24.2 Å². The second-order valence-electron chi connectivity index (χ2n) is 5.35. The zero-order valence-electron chi connectivity index (χ0n) is 13.3. The monoisotopic (exact) mass is 335 g/mol. The lowest BCUT2D eigenvalue weighted by atomic mass is 9.98. The number of allylic oxidation sites excluding steroid dienone is 2. The van der Waals surface area contributed by atoms with E-state index in [-0.39, 0.29) is 34.4 Å². The molecule has 0 saturated heterocycles. The van der Waals surface area contributed by atoms with Crippen LogP contribution in [0.4, 0.5) is 5.69 Å². The molecule has 25 heavy (non-hydrogen) atoms. The number of nitrogens with zero attached hydrogens (tertiary/aromatic N) is 2. The van der Waals surface area contributed by atoms with E-state index in [4.69, 9.17) is 0 Å². The van der Waals surface area contributed by atoms with Gasteiger partial charge < -0.3 is 10.6 Å². The normalized spacial score (nSPS) is 13.1. The quantitative estimate of drug-likeness (QED) is 0.864. The molecular weight excluding hydrogens is 320 g/mol. The minimum absolute atomic E-state index is 0.1000. The van der Waals surface area contributed by atoms with Gasteiger partial charge in [-0.2, -0.15) is 0 Å². The molecule has 0 fully saturated rings. The molecule has 1 amide bonds. The molecule has 1 radical (unpaired) electrons. The first-order valence-corrected chi connectivity index (χ1v) is 7.65. The van der Waals surface area contributed by atoms with Crippen LogP contribution in [0.25, 0.3) is 0 Å². The lowest BCUT2D eigenvalue weighted by Crippen LogP contribution is -2.24. The van der Waals surface area contributed by atoms with Gasteiger partial charge in [-0.05, 0) is 30.7 Å². The Morgan fingerprint density at radius 1 is 1.16 bits per heavy atom. The van der Waals surface area contributed by atoms with E-state index in [9.17, 15) is 14.4 Å². The van der Waals surface area contributed by atoms with Gasteiger partial charge in [0.15, 0.2) is 0 Å². The maximum absolute atomic E-state index is 12.4. The first-order chi connectivity index (χ1) is 12.1. The Morgan fingerprint density at radius 2 is 1.92 bits per heavy atom. The molecule has 0 unspecified atom stereocenters. The number of carbonyl (C=O) groups excluding carboxylic acids is 3. The van der Waals surface area contributed by atoms with Crippen LogP contribution in [-0.4, -0.2) is 34.0 Å². The SMILES string of the molecule is [CH2]CCNC(=O)c1ccc(NC2=CC(=O)c3ncncc3C2=O)cc1. The van der Waals surface area contributed by atoms with Crippen molar-refractivity contribution in [2.24, 2.45) is 0 Å². The third-order valence-corrected chi connectivity index (χ3v) is 3.60. The number of fused-ring (bicyclic) bond motifs is 1. The van der Waals surface area contributed by atoms with Crippen molar-refractivity contribution in [2.45, 2.75) is 6.42 Å². The number of anilines is 1. The molecule has 0 bridgehead atoms. The average Bonchev–Trinajstić information content (AvgIpc) is 2.64. The number of Topliss-reactive ketones (excluding diaryl/α,β-unsaturated/α-hetero) is 1. The number of aromatic nitrogens is 2. The van der Waals surface area contributed by atoms with Gasteiger partial charge in [-0.15, -0.1) is 0 Å². The highest BCUT2D eigenvalue weighted by molar-refractivity contribution is 6.24. The fraction of sp³-hybridized carbons (Fsp3) is 0.111. The molecule has 7 nitrogen and oxygen atoms in total. The van der Waals surface area contributed by atoms with E-state index in [1.807, 2.05) is 0 Å². The molecule has 0 spiro atoms. The van der Waals surface area contributed by atoms with Gasteiger partial charge in [0.25, 0.3) is 5.91 Å².